The molecule has 0 atom stereocenters. The Morgan fingerprint density at radius 2 is 1.77 bits per heavy atom. The lowest BCUT2D eigenvalue weighted by molar-refractivity contribution is -0.123. The van der Waals surface area contributed by atoms with Gasteiger partial charge in [0.15, 0.2) is 5.82 Å². The van der Waals surface area contributed by atoms with E-state index in [-0.39, 0.29) is 51.5 Å². The highest BCUT2D eigenvalue weighted by Gasteiger charge is 2.33. The molecule has 11 nitrogen and oxygen atoms in total. The van der Waals surface area contributed by atoms with Gasteiger partial charge in [-0.2, -0.15) is 10.1 Å². The van der Waals surface area contributed by atoms with Gasteiger partial charge >= 0.3 is 0 Å². The first-order chi connectivity index (χ1) is 21.0. The van der Waals surface area contributed by atoms with Crippen molar-refractivity contribution in [1.82, 2.24) is 25.1 Å². The zero-order valence-corrected chi connectivity index (χ0v) is 27.1. The maximum Gasteiger partial charge on any atom is 0.229 e. The smallest absolute Gasteiger partial charge is 0.229 e. The Hall–Kier alpha value is -3.38. The van der Waals surface area contributed by atoms with E-state index >= 15 is 0 Å². The van der Waals surface area contributed by atoms with Crippen LogP contribution < -0.4 is 20.7 Å². The Morgan fingerprint density at radius 3 is 2.43 bits per heavy atom. The Kier molecular flexibility index (Phi) is 8.49. The molecule has 0 saturated heterocycles. The number of hydrogen-bond acceptors (Lipinski definition) is 9. The molecule has 0 radical (unpaired) electrons. The molecule has 0 bridgehead atoms. The third-order valence-corrected chi connectivity index (χ3v) is 10.9. The largest absolute Gasteiger partial charge is 0.488 e. The van der Waals surface area contributed by atoms with Gasteiger partial charge in [0, 0.05) is 25.2 Å². The number of ether oxygens (including phenoxy) is 1. The topological polar surface area (TPSA) is 140 Å². The molecule has 44 heavy (non-hydrogen) atoms. The van der Waals surface area contributed by atoms with E-state index in [4.69, 9.17) is 16.3 Å². The van der Waals surface area contributed by atoms with Gasteiger partial charge in [0.05, 0.1) is 28.9 Å². The van der Waals surface area contributed by atoms with Gasteiger partial charge in [0.2, 0.25) is 26.7 Å². The summed E-state index contributed by atoms with van der Waals surface area (Å²) >= 11 is 6.44. The molecule has 3 aromatic rings. The fraction of sp³-hybridized carbons (Fsp3) is 0.548. The summed E-state index contributed by atoms with van der Waals surface area (Å²) in [5.74, 6) is 2.16. The first-order valence-electron chi connectivity index (χ1n) is 15.4. The molecule has 13 heteroatoms. The molecule has 0 spiro atoms. The number of halogens is 1. The van der Waals surface area contributed by atoms with Crippen molar-refractivity contribution in [2.45, 2.75) is 100 Å². The van der Waals surface area contributed by atoms with Crippen LogP contribution in [0.15, 0.2) is 29.6 Å². The SMILES string of the molecule is Cc1cc(Nc2ncc(Cl)c(Nc3cn(C)nc3S(=O)(=O)C(C)C)n2)c(OC2CC2)cc1C1CCC(NC(=O)C2CC2)CC1. The zero-order chi connectivity index (χ0) is 31.2. The summed E-state index contributed by atoms with van der Waals surface area (Å²) in [6.45, 7) is 5.34. The maximum absolute atomic E-state index is 12.9. The monoisotopic (exact) mass is 641 g/mol. The fourth-order valence-electron chi connectivity index (χ4n) is 5.67. The third kappa shape index (κ3) is 6.81. The average molecular weight is 642 g/mol. The molecule has 1 aromatic carbocycles. The van der Waals surface area contributed by atoms with Crippen molar-refractivity contribution in [3.05, 3.63) is 40.7 Å². The maximum atomic E-state index is 12.9. The van der Waals surface area contributed by atoms with Gasteiger partial charge in [-0.15, -0.1) is 0 Å². The summed E-state index contributed by atoms with van der Waals surface area (Å²) in [4.78, 5) is 21.2. The van der Waals surface area contributed by atoms with Crippen molar-refractivity contribution >= 4 is 50.5 Å². The summed E-state index contributed by atoms with van der Waals surface area (Å²) in [5.41, 5.74) is 3.45. The Bertz CT molecular complexity index is 1660. The predicted molar refractivity (Wildman–Crippen MR) is 170 cm³/mol. The third-order valence-electron chi connectivity index (χ3n) is 8.58. The van der Waals surface area contributed by atoms with Gasteiger partial charge in [-0.3, -0.25) is 9.48 Å². The van der Waals surface area contributed by atoms with Crippen LogP contribution in [-0.4, -0.2) is 51.5 Å². The fourth-order valence-corrected chi connectivity index (χ4v) is 6.91. The number of aromatic nitrogens is 4. The molecule has 1 amide bonds. The van der Waals surface area contributed by atoms with Crippen molar-refractivity contribution in [3.63, 3.8) is 0 Å². The number of carbonyl (C=O) groups is 1. The molecule has 6 rings (SSSR count). The number of hydrogen-bond donors (Lipinski definition) is 3. The summed E-state index contributed by atoms with van der Waals surface area (Å²) < 4.78 is 33.6. The van der Waals surface area contributed by atoms with Crippen molar-refractivity contribution in [2.24, 2.45) is 13.0 Å². The number of amides is 1. The van der Waals surface area contributed by atoms with Crippen molar-refractivity contribution < 1.29 is 17.9 Å². The number of rotatable bonds is 11. The van der Waals surface area contributed by atoms with E-state index in [0.29, 0.717) is 5.92 Å². The van der Waals surface area contributed by atoms with Gasteiger partial charge in [-0.05, 0) is 101 Å². The van der Waals surface area contributed by atoms with Crippen LogP contribution in [0.25, 0.3) is 0 Å². The quantitative estimate of drug-likeness (QED) is 0.232. The lowest BCUT2D eigenvalue weighted by Crippen LogP contribution is -2.38. The van der Waals surface area contributed by atoms with Crippen LogP contribution in [0, 0.1) is 12.8 Å². The summed E-state index contributed by atoms with van der Waals surface area (Å²) in [7, 11) is -1.99. The van der Waals surface area contributed by atoms with Crippen LogP contribution in [0.1, 0.15) is 82.3 Å². The predicted octanol–water partition coefficient (Wildman–Crippen LogP) is 5.93. The minimum Gasteiger partial charge on any atom is -0.488 e. The van der Waals surface area contributed by atoms with E-state index in [1.165, 1.54) is 16.4 Å². The molecular weight excluding hydrogens is 602 g/mol. The average Bonchev–Trinajstić information content (AvgIpc) is 3.91. The number of anilines is 4. The highest BCUT2D eigenvalue weighted by molar-refractivity contribution is 7.92. The standard InChI is InChI=1S/C31H40ClN7O4S/c1-17(2)44(41,42)30-26(16-39(4)38-30)35-28-24(32)15-33-31(37-28)36-25-13-18(3)23(14-27(25)43-22-11-12-22)19-7-9-21(10-8-19)34-29(40)20-5-6-20/h13-17,19-22H,5-12H2,1-4H3,(H,34,40)(H2,33,35,36,37). The number of carbonyl (C=O) groups excluding carboxylic acids is 1. The van der Waals surface area contributed by atoms with Gasteiger partial charge in [0.1, 0.15) is 10.8 Å². The van der Waals surface area contributed by atoms with E-state index in [0.717, 1.165) is 68.4 Å². The van der Waals surface area contributed by atoms with Crippen LogP contribution in [-0.2, 0) is 21.7 Å². The Morgan fingerprint density at radius 1 is 1.05 bits per heavy atom. The molecule has 3 aliphatic rings. The molecule has 0 aliphatic heterocycles. The second-order valence-electron chi connectivity index (χ2n) is 12.6. The Balaban J connectivity index is 1.21. The minimum atomic E-state index is -3.65. The minimum absolute atomic E-state index is 0.0650. The second-order valence-corrected chi connectivity index (χ2v) is 15.4. The normalized spacial score (nSPS) is 20.4. The lowest BCUT2D eigenvalue weighted by atomic mass is 9.80. The summed E-state index contributed by atoms with van der Waals surface area (Å²) in [6, 6.07) is 4.49. The molecule has 3 aliphatic carbocycles. The van der Waals surface area contributed by atoms with Gasteiger partial charge < -0.3 is 20.7 Å². The van der Waals surface area contributed by atoms with E-state index in [1.807, 2.05) is 0 Å². The van der Waals surface area contributed by atoms with E-state index in [9.17, 15) is 13.2 Å². The molecule has 3 N–H and O–H groups in total. The highest BCUT2D eigenvalue weighted by Crippen LogP contribution is 2.42. The molecular formula is C31H40ClN7O4S. The van der Waals surface area contributed by atoms with E-state index in [2.05, 4.69) is 50.1 Å². The molecule has 0 unspecified atom stereocenters. The number of sulfone groups is 1. The summed E-state index contributed by atoms with van der Waals surface area (Å²) in [5, 5.41) is 13.3. The molecule has 3 saturated carbocycles. The van der Waals surface area contributed by atoms with E-state index < -0.39 is 15.1 Å². The first-order valence-corrected chi connectivity index (χ1v) is 17.4. The molecule has 2 heterocycles. The lowest BCUT2D eigenvalue weighted by Gasteiger charge is -2.31. The van der Waals surface area contributed by atoms with Crippen LogP contribution in [0.4, 0.5) is 23.1 Å². The molecule has 3 fully saturated rings. The van der Waals surface area contributed by atoms with Crippen molar-refractivity contribution in [2.75, 3.05) is 10.6 Å². The molecule has 236 valence electrons. The van der Waals surface area contributed by atoms with Gasteiger partial charge in [-0.1, -0.05) is 11.6 Å². The number of benzene rings is 1. The van der Waals surface area contributed by atoms with Crippen molar-refractivity contribution in [1.29, 1.82) is 0 Å². The molecule has 2 aromatic heterocycles. The van der Waals surface area contributed by atoms with Gasteiger partial charge in [0.25, 0.3) is 0 Å². The number of nitrogens with zero attached hydrogens (tertiary/aromatic N) is 4. The van der Waals surface area contributed by atoms with Gasteiger partial charge in [-0.25, -0.2) is 13.4 Å². The number of aryl methyl sites for hydroxylation is 2. The highest BCUT2D eigenvalue weighted by atomic mass is 35.5. The van der Waals surface area contributed by atoms with E-state index in [1.54, 1.807) is 27.1 Å². The van der Waals surface area contributed by atoms with Crippen LogP contribution >= 0.6 is 11.6 Å². The van der Waals surface area contributed by atoms with Crippen LogP contribution in [0.5, 0.6) is 5.75 Å². The van der Waals surface area contributed by atoms with Crippen molar-refractivity contribution in [3.8, 4) is 5.75 Å². The first kappa shape index (κ1) is 30.6. The Labute approximate surface area is 263 Å². The summed E-state index contributed by atoms with van der Waals surface area (Å²) in [6.07, 6.45) is 11.3. The van der Waals surface area contributed by atoms with Crippen LogP contribution in [0.2, 0.25) is 5.02 Å². The zero-order valence-electron chi connectivity index (χ0n) is 25.6. The number of nitrogens with one attached hydrogen (secondary N) is 3. The van der Waals surface area contributed by atoms with Crippen LogP contribution in [0.3, 0.4) is 0 Å². The second kappa shape index (κ2) is 12.2.